The summed E-state index contributed by atoms with van der Waals surface area (Å²) in [6.45, 7) is 0.530. The van der Waals surface area contributed by atoms with Gasteiger partial charge in [0.15, 0.2) is 0 Å². The number of esters is 1. The third kappa shape index (κ3) is 4.35. The van der Waals surface area contributed by atoms with E-state index < -0.39 is 0 Å². The molecule has 1 aromatic carbocycles. The van der Waals surface area contributed by atoms with E-state index in [0.29, 0.717) is 29.8 Å². The molecule has 2 heterocycles. The zero-order valence-corrected chi connectivity index (χ0v) is 16.4. The summed E-state index contributed by atoms with van der Waals surface area (Å²) >= 11 is 0. The van der Waals surface area contributed by atoms with Gasteiger partial charge in [-0.15, -0.1) is 0 Å². The predicted molar refractivity (Wildman–Crippen MR) is 114 cm³/mol. The Morgan fingerprint density at radius 3 is 2.80 bits per heavy atom. The molecule has 150 valence electrons. The normalized spacial score (nSPS) is 12.0. The van der Waals surface area contributed by atoms with Crippen molar-refractivity contribution >= 4 is 29.3 Å². The van der Waals surface area contributed by atoms with E-state index in [2.05, 4.69) is 20.6 Å². The molecular weight excluding hydrogens is 380 g/mol. The van der Waals surface area contributed by atoms with Gasteiger partial charge in [-0.05, 0) is 47.5 Å². The molecule has 30 heavy (non-hydrogen) atoms. The van der Waals surface area contributed by atoms with E-state index in [1.54, 1.807) is 36.8 Å². The van der Waals surface area contributed by atoms with Crippen molar-refractivity contribution in [2.45, 2.75) is 13.0 Å². The third-order valence-corrected chi connectivity index (χ3v) is 4.74. The van der Waals surface area contributed by atoms with Crippen molar-refractivity contribution < 1.29 is 14.3 Å². The molecule has 0 saturated carbocycles. The fraction of sp³-hybridized carbons (Fsp3) is 0.130. The second-order valence-corrected chi connectivity index (χ2v) is 6.85. The van der Waals surface area contributed by atoms with Crippen LogP contribution in [-0.4, -0.2) is 29.0 Å². The summed E-state index contributed by atoms with van der Waals surface area (Å²) in [7, 11) is 1.37. The summed E-state index contributed by atoms with van der Waals surface area (Å²) < 4.78 is 4.78. The number of hydrogen-bond donors (Lipinski definition) is 2. The molecule has 0 saturated heterocycles. The van der Waals surface area contributed by atoms with Crippen molar-refractivity contribution in [1.82, 2.24) is 9.97 Å². The van der Waals surface area contributed by atoms with Crippen LogP contribution in [0.25, 0.3) is 6.08 Å². The van der Waals surface area contributed by atoms with E-state index in [9.17, 15) is 9.59 Å². The molecule has 0 atom stereocenters. The lowest BCUT2D eigenvalue weighted by Crippen LogP contribution is -2.12. The fourth-order valence-corrected chi connectivity index (χ4v) is 3.23. The maximum atomic E-state index is 12.5. The van der Waals surface area contributed by atoms with Crippen LogP contribution < -0.4 is 10.6 Å². The smallest absolute Gasteiger partial charge is 0.334 e. The van der Waals surface area contributed by atoms with Gasteiger partial charge in [-0.25, -0.2) is 4.79 Å². The number of rotatable bonds is 6. The number of carbonyl (C=O) groups is 2. The highest BCUT2D eigenvalue weighted by atomic mass is 16.5. The molecule has 1 aliphatic rings. The van der Waals surface area contributed by atoms with E-state index in [1.807, 2.05) is 30.3 Å². The highest BCUT2D eigenvalue weighted by Gasteiger charge is 2.20. The first-order valence-corrected chi connectivity index (χ1v) is 9.44. The lowest BCUT2D eigenvalue weighted by molar-refractivity contribution is -0.136. The number of nitrogens with zero attached hydrogens (tertiary/aromatic N) is 2. The standard InChI is InChI=1S/C23H20N4O3/c1-30-23(29)18-9-17-10-20(14-26-21(17)11-18)25-12-15-4-2-5-16(8-15)22(28)27-19-6-3-7-24-13-19/h2-10,13-14,25H,11-12H2,1H3,(H,27,28). The minimum Gasteiger partial charge on any atom is -0.466 e. The minimum atomic E-state index is -0.330. The van der Waals surface area contributed by atoms with E-state index in [-0.39, 0.29) is 11.9 Å². The Kier molecular flexibility index (Phi) is 5.52. The van der Waals surface area contributed by atoms with Crippen LogP contribution in [-0.2, 0) is 22.5 Å². The average molecular weight is 400 g/mol. The molecule has 0 radical (unpaired) electrons. The summed E-state index contributed by atoms with van der Waals surface area (Å²) in [6, 6.07) is 12.9. The number of pyridine rings is 2. The van der Waals surface area contributed by atoms with E-state index in [1.165, 1.54) is 7.11 Å². The SMILES string of the molecule is COC(=O)C1=Cc2cc(NCc3cccc(C(=O)Nc4cccnc4)c3)cnc2C1. The van der Waals surface area contributed by atoms with Crippen molar-refractivity contribution in [3.8, 4) is 0 Å². The molecule has 7 nitrogen and oxygen atoms in total. The molecule has 0 bridgehead atoms. The maximum absolute atomic E-state index is 12.5. The van der Waals surface area contributed by atoms with Crippen LogP contribution in [0, 0.1) is 0 Å². The van der Waals surface area contributed by atoms with Crippen LogP contribution >= 0.6 is 0 Å². The Labute approximate surface area is 173 Å². The van der Waals surface area contributed by atoms with Gasteiger partial charge in [0.2, 0.25) is 0 Å². The van der Waals surface area contributed by atoms with Crippen LogP contribution in [0.5, 0.6) is 0 Å². The second-order valence-electron chi connectivity index (χ2n) is 6.85. The summed E-state index contributed by atoms with van der Waals surface area (Å²) in [5.41, 5.74) is 5.37. The van der Waals surface area contributed by atoms with E-state index >= 15 is 0 Å². The predicted octanol–water partition coefficient (Wildman–Crippen LogP) is 3.45. The first kappa shape index (κ1) is 19.3. The Bertz CT molecular complexity index is 1130. The molecule has 4 rings (SSSR count). The number of nitrogens with one attached hydrogen (secondary N) is 2. The van der Waals surface area contributed by atoms with Gasteiger partial charge < -0.3 is 15.4 Å². The number of anilines is 2. The lowest BCUT2D eigenvalue weighted by atomic mass is 10.1. The van der Waals surface area contributed by atoms with Crippen molar-refractivity contribution in [3.63, 3.8) is 0 Å². The Balaban J connectivity index is 1.41. The number of hydrogen-bond acceptors (Lipinski definition) is 6. The second kappa shape index (κ2) is 8.57. The molecule has 0 aliphatic heterocycles. The zero-order valence-electron chi connectivity index (χ0n) is 16.4. The lowest BCUT2D eigenvalue weighted by Gasteiger charge is -2.10. The van der Waals surface area contributed by atoms with Gasteiger partial charge in [-0.1, -0.05) is 12.1 Å². The molecule has 0 spiro atoms. The molecule has 1 amide bonds. The number of methoxy groups -OCH3 is 1. The number of amides is 1. The first-order chi connectivity index (χ1) is 14.6. The largest absolute Gasteiger partial charge is 0.466 e. The van der Waals surface area contributed by atoms with Crippen LogP contribution in [0.1, 0.15) is 27.2 Å². The Hall–Kier alpha value is -4.00. The molecule has 2 aromatic heterocycles. The van der Waals surface area contributed by atoms with Gasteiger partial charge in [0.25, 0.3) is 5.91 Å². The molecule has 0 fully saturated rings. The zero-order chi connectivity index (χ0) is 20.9. The van der Waals surface area contributed by atoms with Crippen LogP contribution in [0.3, 0.4) is 0 Å². The first-order valence-electron chi connectivity index (χ1n) is 9.44. The average Bonchev–Trinajstić information content (AvgIpc) is 3.21. The molecule has 0 unspecified atom stereocenters. The number of aromatic nitrogens is 2. The summed E-state index contributed by atoms with van der Waals surface area (Å²) in [5.74, 6) is -0.520. The monoisotopic (exact) mass is 400 g/mol. The fourth-order valence-electron chi connectivity index (χ4n) is 3.23. The van der Waals surface area contributed by atoms with Gasteiger partial charge in [0, 0.05) is 30.3 Å². The van der Waals surface area contributed by atoms with Crippen LogP contribution in [0.2, 0.25) is 0 Å². The molecule has 1 aliphatic carbocycles. The van der Waals surface area contributed by atoms with Gasteiger partial charge in [0.05, 0.1) is 36.6 Å². The highest BCUT2D eigenvalue weighted by molar-refractivity contribution is 6.04. The Morgan fingerprint density at radius 2 is 2.00 bits per heavy atom. The third-order valence-electron chi connectivity index (χ3n) is 4.74. The summed E-state index contributed by atoms with van der Waals surface area (Å²) in [5, 5.41) is 6.14. The van der Waals surface area contributed by atoms with Crippen LogP contribution in [0.4, 0.5) is 11.4 Å². The van der Waals surface area contributed by atoms with E-state index in [4.69, 9.17) is 4.74 Å². The van der Waals surface area contributed by atoms with E-state index in [0.717, 1.165) is 22.5 Å². The van der Waals surface area contributed by atoms with Crippen molar-refractivity contribution in [2.24, 2.45) is 0 Å². The molecular formula is C23H20N4O3. The van der Waals surface area contributed by atoms with Crippen molar-refractivity contribution in [1.29, 1.82) is 0 Å². The Morgan fingerprint density at radius 1 is 1.10 bits per heavy atom. The number of carbonyl (C=O) groups excluding carboxylic acids is 2. The van der Waals surface area contributed by atoms with Crippen molar-refractivity contribution in [2.75, 3.05) is 17.7 Å². The minimum absolute atomic E-state index is 0.190. The number of benzene rings is 1. The highest BCUT2D eigenvalue weighted by Crippen LogP contribution is 2.26. The topological polar surface area (TPSA) is 93.2 Å². The maximum Gasteiger partial charge on any atom is 0.334 e. The summed E-state index contributed by atoms with van der Waals surface area (Å²) in [4.78, 5) is 32.6. The van der Waals surface area contributed by atoms with Gasteiger partial charge in [0.1, 0.15) is 0 Å². The van der Waals surface area contributed by atoms with Gasteiger partial charge >= 0.3 is 5.97 Å². The van der Waals surface area contributed by atoms with Gasteiger partial charge in [-0.3, -0.25) is 14.8 Å². The molecule has 3 aromatic rings. The van der Waals surface area contributed by atoms with Crippen LogP contribution in [0.15, 0.2) is 66.6 Å². The van der Waals surface area contributed by atoms with Gasteiger partial charge in [-0.2, -0.15) is 0 Å². The van der Waals surface area contributed by atoms with Crippen molar-refractivity contribution in [3.05, 3.63) is 89.0 Å². The number of fused-ring (bicyclic) bond motifs is 1. The number of ether oxygens (including phenoxy) is 1. The molecule has 2 N–H and O–H groups in total. The quantitative estimate of drug-likeness (QED) is 0.616. The summed E-state index contributed by atoms with van der Waals surface area (Å²) in [6.07, 6.45) is 7.29. The molecule has 7 heteroatoms.